The number of carbonyl (C=O) groups excluding carboxylic acids is 1. The molecule has 0 aliphatic rings. The van der Waals surface area contributed by atoms with Gasteiger partial charge in [0.25, 0.3) is 5.91 Å². The van der Waals surface area contributed by atoms with E-state index in [1.807, 2.05) is 24.3 Å². The second-order valence-corrected chi connectivity index (χ2v) is 6.32. The van der Waals surface area contributed by atoms with Crippen molar-refractivity contribution in [3.8, 4) is 5.75 Å². The van der Waals surface area contributed by atoms with E-state index >= 15 is 0 Å². The normalized spacial score (nSPS) is 12.0. The van der Waals surface area contributed by atoms with Crippen LogP contribution >= 0.6 is 0 Å². The first-order valence-corrected chi connectivity index (χ1v) is 8.40. The van der Waals surface area contributed by atoms with Gasteiger partial charge in [0, 0.05) is 12.2 Å². The van der Waals surface area contributed by atoms with Gasteiger partial charge < -0.3 is 10.1 Å². The Balaban J connectivity index is 1.98. The Morgan fingerprint density at radius 1 is 1.21 bits per heavy atom. The monoisotopic (exact) mass is 326 g/mol. The average molecular weight is 326 g/mol. The van der Waals surface area contributed by atoms with Crippen molar-refractivity contribution in [2.24, 2.45) is 0 Å². The molecule has 24 heavy (non-hydrogen) atoms. The van der Waals surface area contributed by atoms with Crippen LogP contribution in [-0.4, -0.2) is 24.5 Å². The standard InChI is InChI=1S/C20H26N2O2/c1-14(2)18-12-17(19(24-4)13-22-18)20(23)21-11-10-15(3)16-8-6-5-7-9-16/h5-9,12-15H,10-11H2,1-4H3,(H,21,23). The minimum Gasteiger partial charge on any atom is -0.494 e. The molecule has 4 nitrogen and oxygen atoms in total. The summed E-state index contributed by atoms with van der Waals surface area (Å²) in [6, 6.07) is 12.2. The maximum absolute atomic E-state index is 12.5. The first-order valence-electron chi connectivity index (χ1n) is 8.40. The molecule has 1 aromatic carbocycles. The number of amides is 1. The van der Waals surface area contributed by atoms with Gasteiger partial charge in [-0.3, -0.25) is 9.78 Å². The SMILES string of the molecule is COc1cnc(C(C)C)cc1C(=O)NCCC(C)c1ccccc1. The molecule has 0 aliphatic carbocycles. The summed E-state index contributed by atoms with van der Waals surface area (Å²) in [7, 11) is 1.56. The molecule has 128 valence electrons. The van der Waals surface area contributed by atoms with Crippen LogP contribution in [0.15, 0.2) is 42.6 Å². The molecule has 0 saturated heterocycles. The van der Waals surface area contributed by atoms with E-state index in [-0.39, 0.29) is 11.8 Å². The lowest BCUT2D eigenvalue weighted by Crippen LogP contribution is -2.26. The fourth-order valence-corrected chi connectivity index (χ4v) is 2.56. The van der Waals surface area contributed by atoms with E-state index in [1.165, 1.54) is 5.56 Å². The number of hydrogen-bond donors (Lipinski definition) is 1. The van der Waals surface area contributed by atoms with Gasteiger partial charge in [-0.1, -0.05) is 51.1 Å². The molecule has 0 aliphatic heterocycles. The topological polar surface area (TPSA) is 51.2 Å². The van der Waals surface area contributed by atoms with Crippen molar-refractivity contribution in [2.75, 3.05) is 13.7 Å². The van der Waals surface area contributed by atoms with E-state index in [2.05, 4.69) is 43.2 Å². The van der Waals surface area contributed by atoms with Crippen molar-refractivity contribution in [1.29, 1.82) is 0 Å². The Kier molecular flexibility index (Phi) is 6.36. The molecule has 0 spiro atoms. The smallest absolute Gasteiger partial charge is 0.255 e. The van der Waals surface area contributed by atoms with Crippen LogP contribution < -0.4 is 10.1 Å². The minimum absolute atomic E-state index is 0.114. The van der Waals surface area contributed by atoms with Crippen molar-refractivity contribution < 1.29 is 9.53 Å². The summed E-state index contributed by atoms with van der Waals surface area (Å²) < 4.78 is 5.27. The third-order valence-electron chi connectivity index (χ3n) is 4.18. The number of nitrogens with zero attached hydrogens (tertiary/aromatic N) is 1. The van der Waals surface area contributed by atoms with Gasteiger partial charge in [0.15, 0.2) is 0 Å². The Labute approximate surface area is 144 Å². The van der Waals surface area contributed by atoms with Gasteiger partial charge in [-0.2, -0.15) is 0 Å². The Morgan fingerprint density at radius 2 is 1.92 bits per heavy atom. The summed E-state index contributed by atoms with van der Waals surface area (Å²) in [4.78, 5) is 16.8. The summed E-state index contributed by atoms with van der Waals surface area (Å²) in [5.74, 6) is 1.06. The third kappa shape index (κ3) is 4.57. The maximum atomic E-state index is 12.5. The predicted molar refractivity (Wildman–Crippen MR) is 96.7 cm³/mol. The molecule has 0 saturated carbocycles. The zero-order valence-electron chi connectivity index (χ0n) is 14.9. The van der Waals surface area contributed by atoms with E-state index in [4.69, 9.17) is 4.74 Å². The maximum Gasteiger partial charge on any atom is 0.255 e. The van der Waals surface area contributed by atoms with Crippen LogP contribution in [0.1, 0.15) is 60.6 Å². The molecular formula is C20H26N2O2. The van der Waals surface area contributed by atoms with Crippen molar-refractivity contribution in [3.05, 3.63) is 59.4 Å². The van der Waals surface area contributed by atoms with Gasteiger partial charge >= 0.3 is 0 Å². The highest BCUT2D eigenvalue weighted by Crippen LogP contribution is 2.22. The van der Waals surface area contributed by atoms with Gasteiger partial charge in [-0.05, 0) is 29.9 Å². The van der Waals surface area contributed by atoms with Gasteiger partial charge in [-0.25, -0.2) is 0 Å². The second kappa shape index (κ2) is 8.48. The molecule has 0 bridgehead atoms. The van der Waals surface area contributed by atoms with Gasteiger partial charge in [-0.15, -0.1) is 0 Å². The molecule has 1 amide bonds. The van der Waals surface area contributed by atoms with Crippen LogP contribution in [0.2, 0.25) is 0 Å². The molecule has 1 heterocycles. The van der Waals surface area contributed by atoms with Crippen LogP contribution in [0.4, 0.5) is 0 Å². The zero-order valence-corrected chi connectivity index (χ0v) is 14.9. The molecule has 1 N–H and O–H groups in total. The van der Waals surface area contributed by atoms with Gasteiger partial charge in [0.2, 0.25) is 0 Å². The summed E-state index contributed by atoms with van der Waals surface area (Å²) >= 11 is 0. The van der Waals surface area contributed by atoms with Crippen LogP contribution in [0.5, 0.6) is 5.75 Å². The van der Waals surface area contributed by atoms with Crippen LogP contribution in [0.25, 0.3) is 0 Å². The van der Waals surface area contributed by atoms with Crippen LogP contribution in [0.3, 0.4) is 0 Å². The zero-order chi connectivity index (χ0) is 17.5. The van der Waals surface area contributed by atoms with E-state index in [1.54, 1.807) is 13.3 Å². The van der Waals surface area contributed by atoms with E-state index in [9.17, 15) is 4.79 Å². The summed E-state index contributed by atoms with van der Waals surface area (Å²) in [6.07, 6.45) is 2.51. The quantitative estimate of drug-likeness (QED) is 0.832. The fraction of sp³-hybridized carbons (Fsp3) is 0.400. The number of methoxy groups -OCH3 is 1. The lowest BCUT2D eigenvalue weighted by atomic mass is 9.98. The number of benzene rings is 1. The highest BCUT2D eigenvalue weighted by Gasteiger charge is 2.15. The number of aromatic nitrogens is 1. The number of ether oxygens (including phenoxy) is 1. The summed E-state index contributed by atoms with van der Waals surface area (Å²) in [5.41, 5.74) is 2.72. The number of nitrogens with one attached hydrogen (secondary N) is 1. The number of rotatable bonds is 7. The Bertz CT molecular complexity index is 669. The Hall–Kier alpha value is -2.36. The number of hydrogen-bond acceptors (Lipinski definition) is 3. The molecule has 4 heteroatoms. The number of pyridine rings is 1. The summed E-state index contributed by atoms with van der Waals surface area (Å²) in [6.45, 7) is 6.90. The molecule has 1 aromatic heterocycles. The average Bonchev–Trinajstić information content (AvgIpc) is 2.61. The summed E-state index contributed by atoms with van der Waals surface area (Å²) in [5, 5.41) is 2.99. The molecule has 0 fully saturated rings. The lowest BCUT2D eigenvalue weighted by molar-refractivity contribution is 0.0949. The lowest BCUT2D eigenvalue weighted by Gasteiger charge is -2.14. The first kappa shape index (κ1) is 18.0. The predicted octanol–water partition coefficient (Wildman–Crippen LogP) is 4.14. The molecule has 2 rings (SSSR count). The van der Waals surface area contributed by atoms with E-state index in [0.29, 0.717) is 23.8 Å². The van der Waals surface area contributed by atoms with Crippen molar-refractivity contribution in [2.45, 2.75) is 39.0 Å². The van der Waals surface area contributed by atoms with Crippen molar-refractivity contribution in [3.63, 3.8) is 0 Å². The van der Waals surface area contributed by atoms with Crippen LogP contribution in [-0.2, 0) is 0 Å². The van der Waals surface area contributed by atoms with Crippen LogP contribution in [0, 0.1) is 0 Å². The highest BCUT2D eigenvalue weighted by molar-refractivity contribution is 5.96. The molecule has 2 aromatic rings. The third-order valence-corrected chi connectivity index (χ3v) is 4.18. The molecular weight excluding hydrogens is 300 g/mol. The van der Waals surface area contributed by atoms with E-state index < -0.39 is 0 Å². The van der Waals surface area contributed by atoms with Gasteiger partial charge in [0.1, 0.15) is 5.75 Å². The fourth-order valence-electron chi connectivity index (χ4n) is 2.56. The van der Waals surface area contributed by atoms with Crippen molar-refractivity contribution >= 4 is 5.91 Å². The minimum atomic E-state index is -0.114. The van der Waals surface area contributed by atoms with Gasteiger partial charge in [0.05, 0.1) is 18.9 Å². The molecule has 1 atom stereocenters. The molecule has 0 radical (unpaired) electrons. The molecule has 1 unspecified atom stereocenters. The second-order valence-electron chi connectivity index (χ2n) is 6.32. The Morgan fingerprint density at radius 3 is 2.54 bits per heavy atom. The number of carbonyl (C=O) groups is 1. The van der Waals surface area contributed by atoms with E-state index in [0.717, 1.165) is 12.1 Å². The largest absolute Gasteiger partial charge is 0.494 e. The first-order chi connectivity index (χ1) is 11.5. The van der Waals surface area contributed by atoms with Crippen molar-refractivity contribution in [1.82, 2.24) is 10.3 Å². The highest BCUT2D eigenvalue weighted by atomic mass is 16.5.